The molecule has 2 aromatic carbocycles. The number of ether oxygens (including phenoxy) is 1. The van der Waals surface area contributed by atoms with Crippen LogP contribution in [0.25, 0.3) is 0 Å². The van der Waals surface area contributed by atoms with Crippen molar-refractivity contribution >= 4 is 29.3 Å². The Kier molecular flexibility index (Phi) is 6.55. The van der Waals surface area contributed by atoms with Gasteiger partial charge in [-0.1, -0.05) is 11.6 Å². The molecule has 1 amide bonds. The van der Waals surface area contributed by atoms with Gasteiger partial charge in [-0.25, -0.2) is 4.39 Å². The summed E-state index contributed by atoms with van der Waals surface area (Å²) in [5.74, 6) is 0.534. The third kappa shape index (κ3) is 5.95. The Morgan fingerprint density at radius 1 is 1.14 bits per heavy atom. The predicted octanol–water partition coefficient (Wildman–Crippen LogP) is 3.77. The molecule has 0 saturated carbocycles. The van der Waals surface area contributed by atoms with E-state index in [1.807, 2.05) is 12.1 Å². The number of carbonyl (C=O) groups is 1. The molecule has 0 unspecified atom stereocenters. The monoisotopic (exact) mass is 339 g/mol. The summed E-state index contributed by atoms with van der Waals surface area (Å²) < 4.78 is 18.1. The molecule has 0 atom stereocenters. The normalized spacial score (nSPS) is 10.3. The van der Waals surface area contributed by atoms with Gasteiger partial charge in [-0.05, 0) is 48.5 Å². The Bertz CT molecular complexity index is 605. The highest BCUT2D eigenvalue weighted by Crippen LogP contribution is 2.19. The quantitative estimate of drug-likeness (QED) is 0.616. The fourth-order valence-electron chi connectivity index (χ4n) is 1.62. The SMILES string of the molecule is O=C(CSc1ccc(Cl)cc1)NCCOc1ccc(F)cc1. The molecule has 0 aliphatic heterocycles. The van der Waals surface area contributed by atoms with Crippen LogP contribution < -0.4 is 10.1 Å². The van der Waals surface area contributed by atoms with Crippen LogP contribution in [0.1, 0.15) is 0 Å². The highest BCUT2D eigenvalue weighted by Gasteiger charge is 2.03. The molecule has 0 saturated heterocycles. The summed E-state index contributed by atoms with van der Waals surface area (Å²) in [6.45, 7) is 0.736. The molecule has 0 heterocycles. The van der Waals surface area contributed by atoms with Crippen LogP contribution in [-0.4, -0.2) is 24.8 Å². The van der Waals surface area contributed by atoms with Crippen molar-refractivity contribution in [2.45, 2.75) is 4.90 Å². The summed E-state index contributed by atoms with van der Waals surface area (Å²) in [6.07, 6.45) is 0. The third-order valence-corrected chi connectivity index (χ3v) is 3.95. The number of hydrogen-bond donors (Lipinski definition) is 1. The van der Waals surface area contributed by atoms with Crippen LogP contribution in [-0.2, 0) is 4.79 Å². The summed E-state index contributed by atoms with van der Waals surface area (Å²) in [4.78, 5) is 12.7. The van der Waals surface area contributed by atoms with E-state index in [9.17, 15) is 9.18 Å². The van der Waals surface area contributed by atoms with Gasteiger partial charge in [-0.2, -0.15) is 0 Å². The molecule has 116 valence electrons. The number of amides is 1. The zero-order chi connectivity index (χ0) is 15.8. The lowest BCUT2D eigenvalue weighted by Crippen LogP contribution is -2.29. The molecular weight excluding hydrogens is 325 g/mol. The van der Waals surface area contributed by atoms with Crippen LogP contribution in [0.15, 0.2) is 53.4 Å². The average Bonchev–Trinajstić information content (AvgIpc) is 2.53. The lowest BCUT2D eigenvalue weighted by Gasteiger charge is -2.07. The van der Waals surface area contributed by atoms with Crippen molar-refractivity contribution in [1.82, 2.24) is 5.32 Å². The van der Waals surface area contributed by atoms with Gasteiger partial charge in [0.05, 0.1) is 12.3 Å². The standard InChI is InChI=1S/C16H15ClFNO2S/c17-12-1-7-15(8-2-12)22-11-16(20)19-9-10-21-14-5-3-13(18)4-6-14/h1-8H,9-11H2,(H,19,20). The largest absolute Gasteiger partial charge is 0.492 e. The van der Waals surface area contributed by atoms with Gasteiger partial charge in [0.15, 0.2) is 0 Å². The summed E-state index contributed by atoms with van der Waals surface area (Å²) in [5, 5.41) is 3.43. The number of hydrogen-bond acceptors (Lipinski definition) is 3. The summed E-state index contributed by atoms with van der Waals surface area (Å²) in [5.41, 5.74) is 0. The molecule has 2 aromatic rings. The summed E-state index contributed by atoms with van der Waals surface area (Å²) in [7, 11) is 0. The first kappa shape index (κ1) is 16.6. The van der Waals surface area contributed by atoms with Crippen molar-refractivity contribution in [2.24, 2.45) is 0 Å². The number of nitrogens with one attached hydrogen (secondary N) is 1. The summed E-state index contributed by atoms with van der Waals surface area (Å²) in [6, 6.07) is 13.1. The Labute approximate surface area is 137 Å². The van der Waals surface area contributed by atoms with Gasteiger partial charge in [0.1, 0.15) is 18.2 Å². The van der Waals surface area contributed by atoms with Gasteiger partial charge in [0.25, 0.3) is 0 Å². The number of carbonyl (C=O) groups excluding carboxylic acids is 1. The molecule has 0 aliphatic rings. The van der Waals surface area contributed by atoms with Crippen LogP contribution in [0.4, 0.5) is 4.39 Å². The molecule has 3 nitrogen and oxygen atoms in total. The Morgan fingerprint density at radius 2 is 1.82 bits per heavy atom. The van der Waals surface area contributed by atoms with E-state index >= 15 is 0 Å². The Balaban J connectivity index is 1.61. The molecule has 1 N–H and O–H groups in total. The molecular formula is C16H15ClFNO2S. The van der Waals surface area contributed by atoms with Crippen molar-refractivity contribution in [3.05, 3.63) is 59.4 Å². The van der Waals surface area contributed by atoms with Gasteiger partial charge in [-0.3, -0.25) is 4.79 Å². The Hall–Kier alpha value is -1.72. The van der Waals surface area contributed by atoms with Crippen LogP contribution in [0.3, 0.4) is 0 Å². The van der Waals surface area contributed by atoms with Gasteiger partial charge >= 0.3 is 0 Å². The molecule has 22 heavy (non-hydrogen) atoms. The van der Waals surface area contributed by atoms with E-state index < -0.39 is 0 Å². The Morgan fingerprint density at radius 3 is 2.50 bits per heavy atom. The second-order valence-corrected chi connectivity index (χ2v) is 5.88. The molecule has 0 spiro atoms. The van der Waals surface area contributed by atoms with Crippen molar-refractivity contribution in [2.75, 3.05) is 18.9 Å². The maximum absolute atomic E-state index is 12.7. The molecule has 0 aliphatic carbocycles. The van der Waals surface area contributed by atoms with E-state index in [2.05, 4.69) is 5.32 Å². The van der Waals surface area contributed by atoms with Crippen molar-refractivity contribution in [3.8, 4) is 5.75 Å². The second kappa shape index (κ2) is 8.66. The number of rotatable bonds is 7. The van der Waals surface area contributed by atoms with Gasteiger partial charge in [0.2, 0.25) is 5.91 Å². The minimum Gasteiger partial charge on any atom is -0.492 e. The zero-order valence-corrected chi connectivity index (χ0v) is 13.3. The maximum Gasteiger partial charge on any atom is 0.230 e. The fraction of sp³-hybridized carbons (Fsp3) is 0.188. The van der Waals surface area contributed by atoms with Crippen molar-refractivity contribution in [1.29, 1.82) is 0 Å². The molecule has 0 bridgehead atoms. The van der Waals surface area contributed by atoms with E-state index in [1.165, 1.54) is 23.9 Å². The molecule has 0 aromatic heterocycles. The van der Waals surface area contributed by atoms with E-state index in [0.29, 0.717) is 29.7 Å². The van der Waals surface area contributed by atoms with Crippen molar-refractivity contribution < 1.29 is 13.9 Å². The van der Waals surface area contributed by atoms with E-state index in [-0.39, 0.29) is 11.7 Å². The maximum atomic E-state index is 12.7. The number of thioether (sulfide) groups is 1. The van der Waals surface area contributed by atoms with Gasteiger partial charge in [0, 0.05) is 9.92 Å². The average molecular weight is 340 g/mol. The number of halogens is 2. The minimum atomic E-state index is -0.306. The lowest BCUT2D eigenvalue weighted by atomic mass is 10.3. The lowest BCUT2D eigenvalue weighted by molar-refractivity contribution is -0.118. The molecule has 2 rings (SSSR count). The van der Waals surface area contributed by atoms with Gasteiger partial charge < -0.3 is 10.1 Å². The van der Waals surface area contributed by atoms with Crippen LogP contribution in [0.2, 0.25) is 5.02 Å². The highest BCUT2D eigenvalue weighted by molar-refractivity contribution is 8.00. The number of benzene rings is 2. The summed E-state index contributed by atoms with van der Waals surface area (Å²) >= 11 is 7.23. The van der Waals surface area contributed by atoms with E-state index in [4.69, 9.17) is 16.3 Å². The zero-order valence-electron chi connectivity index (χ0n) is 11.7. The highest BCUT2D eigenvalue weighted by atomic mass is 35.5. The van der Waals surface area contributed by atoms with Crippen LogP contribution >= 0.6 is 23.4 Å². The fourth-order valence-corrected chi connectivity index (χ4v) is 2.48. The molecule has 0 radical (unpaired) electrons. The first-order chi connectivity index (χ1) is 10.6. The topological polar surface area (TPSA) is 38.3 Å². The first-order valence-electron chi connectivity index (χ1n) is 6.67. The van der Waals surface area contributed by atoms with Crippen molar-refractivity contribution in [3.63, 3.8) is 0 Å². The van der Waals surface area contributed by atoms with E-state index in [1.54, 1.807) is 24.3 Å². The van der Waals surface area contributed by atoms with Gasteiger partial charge in [-0.15, -0.1) is 11.8 Å². The predicted molar refractivity (Wildman–Crippen MR) is 87.1 cm³/mol. The first-order valence-corrected chi connectivity index (χ1v) is 8.03. The van der Waals surface area contributed by atoms with Crippen LogP contribution in [0, 0.1) is 5.82 Å². The minimum absolute atomic E-state index is 0.0670. The third-order valence-electron chi connectivity index (χ3n) is 2.69. The molecule has 6 heteroatoms. The smallest absolute Gasteiger partial charge is 0.230 e. The van der Waals surface area contributed by atoms with E-state index in [0.717, 1.165) is 4.90 Å². The second-order valence-electron chi connectivity index (χ2n) is 4.39. The van der Waals surface area contributed by atoms with Crippen LogP contribution in [0.5, 0.6) is 5.75 Å². The molecule has 0 fully saturated rings.